The van der Waals surface area contributed by atoms with Crippen LogP contribution in [-0.4, -0.2) is 44.1 Å². The summed E-state index contributed by atoms with van der Waals surface area (Å²) in [6, 6.07) is 5.38. The van der Waals surface area contributed by atoms with E-state index in [-0.39, 0.29) is 24.1 Å². The number of nitrogens with zero attached hydrogens (tertiary/aromatic N) is 1. The molecule has 1 heterocycles. The third-order valence-corrected chi connectivity index (χ3v) is 4.56. The molecule has 3 rings (SSSR count). The summed E-state index contributed by atoms with van der Waals surface area (Å²) >= 11 is 0. The number of piperidine rings is 1. The first kappa shape index (κ1) is 18.6. The summed E-state index contributed by atoms with van der Waals surface area (Å²) in [5, 5.41) is 5.89. The van der Waals surface area contributed by atoms with Gasteiger partial charge in [0.05, 0.1) is 6.54 Å². The number of carbonyl (C=O) groups is 2. The minimum absolute atomic E-state index is 0.0415. The highest BCUT2D eigenvalue weighted by molar-refractivity contribution is 6.00. The predicted molar refractivity (Wildman–Crippen MR) is 92.2 cm³/mol. The van der Waals surface area contributed by atoms with E-state index in [9.17, 15) is 18.4 Å². The number of alkyl halides is 2. The van der Waals surface area contributed by atoms with Crippen molar-refractivity contribution in [2.45, 2.75) is 38.3 Å². The predicted octanol–water partition coefficient (Wildman–Crippen LogP) is 1.90. The van der Waals surface area contributed by atoms with Crippen LogP contribution in [0.25, 0.3) is 0 Å². The molecule has 1 aliphatic heterocycles. The van der Waals surface area contributed by atoms with Crippen molar-refractivity contribution >= 4 is 17.5 Å². The summed E-state index contributed by atoms with van der Waals surface area (Å²) in [5.41, 5.74) is 0.599. The Morgan fingerprint density at radius 2 is 1.96 bits per heavy atom. The summed E-state index contributed by atoms with van der Waals surface area (Å²) in [4.78, 5) is 26.2. The number of benzene rings is 1. The van der Waals surface area contributed by atoms with Gasteiger partial charge in [0.25, 0.3) is 0 Å². The Balaban J connectivity index is 1.53. The Labute approximate surface area is 150 Å². The van der Waals surface area contributed by atoms with E-state index in [0.717, 1.165) is 13.0 Å². The molecule has 2 fully saturated rings. The molecular weight excluding hydrogens is 344 g/mol. The van der Waals surface area contributed by atoms with Crippen LogP contribution in [0.2, 0.25) is 0 Å². The number of rotatable bonds is 8. The van der Waals surface area contributed by atoms with Crippen molar-refractivity contribution in [2.75, 3.05) is 24.5 Å². The molecule has 1 aromatic carbocycles. The lowest BCUT2D eigenvalue weighted by Crippen LogP contribution is -2.53. The quantitative estimate of drug-likeness (QED) is 0.736. The largest absolute Gasteiger partial charge is 0.435 e. The number of amides is 2. The van der Waals surface area contributed by atoms with E-state index in [1.807, 2.05) is 0 Å². The summed E-state index contributed by atoms with van der Waals surface area (Å²) in [5.74, 6) is 0.354. The lowest BCUT2D eigenvalue weighted by atomic mass is 10.0. The van der Waals surface area contributed by atoms with Crippen LogP contribution in [0, 0.1) is 5.92 Å². The van der Waals surface area contributed by atoms with Crippen molar-refractivity contribution in [2.24, 2.45) is 5.92 Å². The second-order valence-corrected chi connectivity index (χ2v) is 6.70. The highest BCUT2D eigenvalue weighted by Gasteiger charge is 2.31. The topological polar surface area (TPSA) is 70.7 Å². The van der Waals surface area contributed by atoms with E-state index < -0.39 is 12.7 Å². The second kappa shape index (κ2) is 8.44. The smallest absolute Gasteiger partial charge is 0.387 e. The molecular formula is C18H23F2N3O3. The van der Waals surface area contributed by atoms with Crippen LogP contribution in [-0.2, 0) is 9.59 Å². The molecule has 8 heteroatoms. The van der Waals surface area contributed by atoms with E-state index in [1.54, 1.807) is 17.0 Å². The van der Waals surface area contributed by atoms with E-state index >= 15 is 0 Å². The van der Waals surface area contributed by atoms with Gasteiger partial charge >= 0.3 is 6.61 Å². The molecule has 2 amide bonds. The number of halogens is 2. The first-order chi connectivity index (χ1) is 12.5. The Hall–Kier alpha value is -2.22. The van der Waals surface area contributed by atoms with Crippen LogP contribution in [0.5, 0.6) is 5.75 Å². The van der Waals surface area contributed by atoms with Crippen molar-refractivity contribution in [3.8, 4) is 5.75 Å². The molecule has 0 spiro atoms. The molecule has 1 saturated carbocycles. The van der Waals surface area contributed by atoms with Crippen molar-refractivity contribution < 1.29 is 23.1 Å². The number of hydrogen-bond donors (Lipinski definition) is 2. The maximum atomic E-state index is 12.7. The van der Waals surface area contributed by atoms with Gasteiger partial charge in [0, 0.05) is 12.2 Å². The van der Waals surface area contributed by atoms with Gasteiger partial charge < -0.3 is 20.3 Å². The normalized spacial score (nSPS) is 20.3. The van der Waals surface area contributed by atoms with Gasteiger partial charge in [0.1, 0.15) is 11.8 Å². The molecule has 26 heavy (non-hydrogen) atoms. The second-order valence-electron chi connectivity index (χ2n) is 6.70. The zero-order valence-corrected chi connectivity index (χ0v) is 14.4. The van der Waals surface area contributed by atoms with Crippen LogP contribution >= 0.6 is 0 Å². The zero-order valence-electron chi connectivity index (χ0n) is 14.4. The number of anilines is 1. The minimum atomic E-state index is -2.88. The van der Waals surface area contributed by atoms with E-state index in [4.69, 9.17) is 0 Å². The Morgan fingerprint density at radius 1 is 1.23 bits per heavy atom. The molecule has 1 saturated heterocycles. The van der Waals surface area contributed by atoms with Crippen LogP contribution in [0.4, 0.5) is 14.5 Å². The van der Waals surface area contributed by atoms with Crippen LogP contribution < -0.4 is 20.3 Å². The fraction of sp³-hybridized carbons (Fsp3) is 0.556. The molecule has 1 aromatic rings. The monoisotopic (exact) mass is 367 g/mol. The standard InChI is InChI=1S/C18H23F2N3O3/c19-18(20)26-14-7-5-13(6-8-14)23-9-1-2-15(17(23)25)22-16(24)11-21-10-12-3-4-12/h5-8,12,15,18,21H,1-4,9-11H2,(H,22,24). The van der Waals surface area contributed by atoms with Gasteiger partial charge in [-0.05, 0) is 62.4 Å². The summed E-state index contributed by atoms with van der Waals surface area (Å²) in [7, 11) is 0. The Bertz CT molecular complexity index is 635. The molecule has 1 atom stereocenters. The molecule has 0 aromatic heterocycles. The number of ether oxygens (including phenoxy) is 1. The lowest BCUT2D eigenvalue weighted by molar-refractivity contribution is -0.128. The maximum absolute atomic E-state index is 12.7. The van der Waals surface area contributed by atoms with Crippen molar-refractivity contribution in [1.29, 1.82) is 0 Å². The zero-order chi connectivity index (χ0) is 18.5. The highest BCUT2D eigenvalue weighted by Crippen LogP contribution is 2.27. The van der Waals surface area contributed by atoms with Crippen LogP contribution in [0.3, 0.4) is 0 Å². The van der Waals surface area contributed by atoms with Crippen molar-refractivity contribution in [3.05, 3.63) is 24.3 Å². The number of nitrogens with one attached hydrogen (secondary N) is 2. The summed E-state index contributed by atoms with van der Waals surface area (Å²) < 4.78 is 28.7. The van der Waals surface area contributed by atoms with E-state index in [2.05, 4.69) is 15.4 Å². The maximum Gasteiger partial charge on any atom is 0.387 e. The average Bonchev–Trinajstić information content (AvgIpc) is 3.41. The van der Waals surface area contributed by atoms with Gasteiger partial charge in [0.2, 0.25) is 11.8 Å². The fourth-order valence-corrected chi connectivity index (χ4v) is 3.03. The minimum Gasteiger partial charge on any atom is -0.435 e. The molecule has 0 bridgehead atoms. The van der Waals surface area contributed by atoms with Gasteiger partial charge in [-0.3, -0.25) is 9.59 Å². The fourth-order valence-electron chi connectivity index (χ4n) is 3.03. The van der Waals surface area contributed by atoms with Crippen LogP contribution in [0.15, 0.2) is 24.3 Å². The van der Waals surface area contributed by atoms with E-state index in [0.29, 0.717) is 24.6 Å². The highest BCUT2D eigenvalue weighted by atomic mass is 19.3. The molecule has 1 unspecified atom stereocenters. The first-order valence-corrected chi connectivity index (χ1v) is 8.89. The molecule has 1 aliphatic carbocycles. The number of hydrogen-bond acceptors (Lipinski definition) is 4. The van der Waals surface area contributed by atoms with E-state index in [1.165, 1.54) is 25.0 Å². The average molecular weight is 367 g/mol. The lowest BCUT2D eigenvalue weighted by Gasteiger charge is -2.32. The van der Waals surface area contributed by atoms with Gasteiger partial charge in [-0.1, -0.05) is 0 Å². The summed E-state index contributed by atoms with van der Waals surface area (Å²) in [6.07, 6.45) is 3.77. The molecule has 142 valence electrons. The SMILES string of the molecule is O=C(CNCC1CC1)NC1CCCN(c2ccc(OC(F)F)cc2)C1=O. The van der Waals surface area contributed by atoms with Crippen molar-refractivity contribution in [1.82, 2.24) is 10.6 Å². The van der Waals surface area contributed by atoms with Gasteiger partial charge in [-0.2, -0.15) is 8.78 Å². The first-order valence-electron chi connectivity index (χ1n) is 8.89. The Morgan fingerprint density at radius 3 is 2.62 bits per heavy atom. The summed E-state index contributed by atoms with van der Waals surface area (Å²) in [6.45, 7) is -1.31. The Kier molecular flexibility index (Phi) is 6.03. The van der Waals surface area contributed by atoms with Gasteiger partial charge in [-0.15, -0.1) is 0 Å². The molecule has 6 nitrogen and oxygen atoms in total. The molecule has 2 aliphatic rings. The third-order valence-electron chi connectivity index (χ3n) is 4.56. The third kappa shape index (κ3) is 5.14. The van der Waals surface area contributed by atoms with Crippen LogP contribution in [0.1, 0.15) is 25.7 Å². The van der Waals surface area contributed by atoms with Gasteiger partial charge in [0.15, 0.2) is 0 Å². The molecule has 2 N–H and O–H groups in total. The molecule has 0 radical (unpaired) electrons. The number of carbonyl (C=O) groups excluding carboxylic acids is 2. The van der Waals surface area contributed by atoms with Crippen molar-refractivity contribution in [3.63, 3.8) is 0 Å². The van der Waals surface area contributed by atoms with Gasteiger partial charge in [-0.25, -0.2) is 0 Å².